The van der Waals surface area contributed by atoms with Crippen LogP contribution in [0.3, 0.4) is 0 Å². The molecule has 0 amide bonds. The van der Waals surface area contributed by atoms with Crippen molar-refractivity contribution in [1.82, 2.24) is 15.0 Å². The zero-order valence-electron chi connectivity index (χ0n) is 36.6. The van der Waals surface area contributed by atoms with Gasteiger partial charge in [0.25, 0.3) is 0 Å². The molecule has 15 heteroatoms. The molecular weight excluding hydrogens is 717 g/mol. The van der Waals surface area contributed by atoms with Crippen molar-refractivity contribution < 1.29 is 4.42 Å². The number of hydrogen-bond acceptors (Lipinski definition) is 4. The highest BCUT2D eigenvalue weighted by Crippen LogP contribution is 2.33. The van der Waals surface area contributed by atoms with Gasteiger partial charge in [-0.1, -0.05) is 147 Å². The van der Waals surface area contributed by atoms with Crippen LogP contribution in [0.2, 0.25) is 0 Å². The minimum Gasteiger partial charge on any atom is -0.456 e. The van der Waals surface area contributed by atoms with E-state index in [1.807, 2.05) is 12.1 Å². The molecule has 0 fully saturated rings. The van der Waals surface area contributed by atoms with Gasteiger partial charge in [0.2, 0.25) is 0 Å². The van der Waals surface area contributed by atoms with Crippen molar-refractivity contribution in [2.24, 2.45) is 0 Å². The molecule has 0 spiro atoms. The second kappa shape index (κ2) is 15.3. The van der Waals surface area contributed by atoms with Gasteiger partial charge in [0, 0.05) is 33.0 Å². The van der Waals surface area contributed by atoms with Crippen LogP contribution in [0.1, 0.15) is 0 Å². The zero-order valence-corrected chi connectivity index (χ0v) is 36.6. The average molecular weight is 758 g/mol. The highest BCUT2D eigenvalue weighted by atomic mass is 16.3. The van der Waals surface area contributed by atoms with E-state index in [-0.39, 0.29) is 0 Å². The van der Waals surface area contributed by atoms with Gasteiger partial charge in [0.05, 0.1) is 0 Å². The molecule has 0 aliphatic heterocycles. The van der Waals surface area contributed by atoms with Gasteiger partial charge in [-0.05, 0) is 33.3 Å². The summed E-state index contributed by atoms with van der Waals surface area (Å²) >= 11 is 0. The molecule has 0 aliphatic rings. The van der Waals surface area contributed by atoms with Crippen LogP contribution in [0.4, 0.5) is 0 Å². The zero-order chi connectivity index (χ0) is 42.1. The molecule has 7 aromatic carbocycles. The van der Waals surface area contributed by atoms with Crippen molar-refractivity contribution in [3.63, 3.8) is 0 Å². The first kappa shape index (κ1) is 39.5. The van der Waals surface area contributed by atoms with Crippen molar-refractivity contribution in [1.29, 1.82) is 0 Å². The summed E-state index contributed by atoms with van der Waals surface area (Å²) in [6.45, 7) is 0. The Morgan fingerprint density at radius 3 is 1.08 bits per heavy atom. The number of benzene rings is 7. The van der Waals surface area contributed by atoms with E-state index in [0.717, 1.165) is 49.9 Å². The topological polar surface area (TPSA) is 51.8 Å². The first-order valence-electron chi connectivity index (χ1n) is 21.0. The van der Waals surface area contributed by atoms with Crippen molar-refractivity contribution in [2.45, 2.75) is 0 Å². The van der Waals surface area contributed by atoms with Crippen LogP contribution in [0.5, 0.6) is 0 Å². The van der Waals surface area contributed by atoms with E-state index in [1.54, 1.807) is 0 Å². The van der Waals surface area contributed by atoms with Gasteiger partial charge in [-0.3, -0.25) is 0 Å². The van der Waals surface area contributed by atoms with Crippen molar-refractivity contribution >= 4 is 168 Å². The molecule has 9 aromatic rings. The minimum absolute atomic E-state index is 0.628. The van der Waals surface area contributed by atoms with Gasteiger partial charge in [-0.25, -0.2) is 15.0 Å². The smallest absolute Gasteiger partial charge is 0.164 e. The Morgan fingerprint density at radius 1 is 0.267 bits per heavy atom. The van der Waals surface area contributed by atoms with E-state index in [0.29, 0.717) is 17.5 Å². The van der Waals surface area contributed by atoms with E-state index >= 15 is 0 Å². The molecule has 0 saturated carbocycles. The van der Waals surface area contributed by atoms with Crippen LogP contribution in [0.25, 0.3) is 89.5 Å². The third kappa shape index (κ3) is 6.36. The van der Waals surface area contributed by atoms with Gasteiger partial charge in [0.1, 0.15) is 97.5 Å². The monoisotopic (exact) mass is 759 g/mol. The lowest BCUT2D eigenvalue weighted by Crippen LogP contribution is -2.56. The summed E-state index contributed by atoms with van der Waals surface area (Å²) in [5.74, 6) is 1.89. The lowest BCUT2D eigenvalue weighted by molar-refractivity contribution is 0.673. The van der Waals surface area contributed by atoms with Crippen molar-refractivity contribution in [3.8, 4) is 67.5 Å². The van der Waals surface area contributed by atoms with Crippen molar-refractivity contribution in [3.05, 3.63) is 109 Å². The summed E-state index contributed by atoms with van der Waals surface area (Å²) in [5, 5.41) is 2.37. The van der Waals surface area contributed by atoms with Gasteiger partial charge < -0.3 is 4.42 Å². The fourth-order valence-electron chi connectivity index (χ4n) is 9.33. The summed E-state index contributed by atoms with van der Waals surface area (Å²) in [4.78, 5) is 15.7. The van der Waals surface area contributed by atoms with Gasteiger partial charge in [-0.15, -0.1) is 16.4 Å². The predicted octanol–water partition coefficient (Wildman–Crippen LogP) is -7.38. The molecule has 0 saturated heterocycles. The Hall–Kier alpha value is -5.94. The fourth-order valence-corrected chi connectivity index (χ4v) is 9.33. The Kier molecular flexibility index (Phi) is 10.1. The van der Waals surface area contributed by atoms with Crippen LogP contribution < -0.4 is 60.1 Å². The minimum atomic E-state index is 0.628. The molecule has 0 atom stereocenters. The maximum Gasteiger partial charge on any atom is 0.164 e. The molecule has 4 nitrogen and oxygen atoms in total. The summed E-state index contributed by atoms with van der Waals surface area (Å²) in [5.41, 5.74) is 25.6. The molecule has 60 heavy (non-hydrogen) atoms. The number of nitrogens with zero attached hydrogens (tertiary/aromatic N) is 3. The molecule has 0 N–H and O–H groups in total. The maximum absolute atomic E-state index is 7.27. The van der Waals surface area contributed by atoms with E-state index in [4.69, 9.17) is 19.4 Å². The predicted molar refractivity (Wildman–Crippen MR) is 290 cm³/mol. The van der Waals surface area contributed by atoms with E-state index < -0.39 is 0 Å². The molecule has 0 radical (unpaired) electrons. The lowest BCUT2D eigenvalue weighted by atomic mass is 9.58. The Morgan fingerprint density at radius 2 is 0.600 bits per heavy atom. The first-order valence-corrected chi connectivity index (χ1v) is 21.0. The SMILES string of the molecule is Bc1c(B)c(B)c(-c2c(B)c(B)c(B)c3c2oc2c(B)c(-c4nc(-c5ccc(-c6ccccc6)cc5)nc(-c5ccc(-c6ccccc6)cc5)n4)c(B)c(B)c23)c(B)c1B. The summed E-state index contributed by atoms with van der Waals surface area (Å²) in [6, 6.07) is 37.9. The van der Waals surface area contributed by atoms with Crippen LogP contribution in [0.15, 0.2) is 114 Å². The van der Waals surface area contributed by atoms with Crippen LogP contribution in [-0.2, 0) is 0 Å². The molecule has 2 heterocycles. The van der Waals surface area contributed by atoms with Gasteiger partial charge >= 0.3 is 0 Å². The Balaban J connectivity index is 1.28. The Bertz CT molecular complexity index is 3060. The first-order chi connectivity index (χ1) is 28.8. The van der Waals surface area contributed by atoms with Crippen molar-refractivity contribution in [2.75, 3.05) is 0 Å². The quantitative estimate of drug-likeness (QED) is 0.159. The number of furan rings is 1. The molecule has 0 aliphatic carbocycles. The second-order valence-electron chi connectivity index (χ2n) is 16.7. The largest absolute Gasteiger partial charge is 0.456 e. The van der Waals surface area contributed by atoms with E-state index in [9.17, 15) is 0 Å². The normalized spacial score (nSPS) is 11.4. The fraction of sp³-hybridized carbons (Fsp3) is 0. The van der Waals surface area contributed by atoms with Crippen LogP contribution in [-0.4, -0.2) is 101 Å². The van der Waals surface area contributed by atoms with Gasteiger partial charge in [0.15, 0.2) is 17.5 Å². The lowest BCUT2D eigenvalue weighted by Gasteiger charge is -2.23. The van der Waals surface area contributed by atoms with Gasteiger partial charge in [-0.2, -0.15) is 0 Å². The summed E-state index contributed by atoms with van der Waals surface area (Å²) in [6.07, 6.45) is 0. The van der Waals surface area contributed by atoms with E-state index in [1.165, 1.54) is 82.2 Å². The second-order valence-corrected chi connectivity index (χ2v) is 16.7. The molecule has 9 rings (SSSR count). The third-order valence-electron chi connectivity index (χ3n) is 13.6. The highest BCUT2D eigenvalue weighted by Gasteiger charge is 2.27. The number of fused-ring (bicyclic) bond motifs is 3. The molecular formula is C45H40B11N3O. The molecule has 2 aromatic heterocycles. The van der Waals surface area contributed by atoms with Crippen LogP contribution in [0, 0.1) is 0 Å². The summed E-state index contributed by atoms with van der Waals surface area (Å²) in [7, 11) is 24.7. The Labute approximate surface area is 362 Å². The van der Waals surface area contributed by atoms with E-state index in [2.05, 4.69) is 183 Å². The summed E-state index contributed by atoms with van der Waals surface area (Å²) < 4.78 is 7.27. The number of hydrogen-bond donors (Lipinski definition) is 0. The average Bonchev–Trinajstić information content (AvgIpc) is 3.69. The maximum atomic E-state index is 7.27. The highest BCUT2D eigenvalue weighted by molar-refractivity contribution is 6.71. The number of rotatable bonds is 6. The standard InChI is InChI=1S/C45H40B11N3O/c46-30-25(31(47)39(55)40(56)38(30)54)26-33(49)37(53)34(50)27-28-32(48)35(51)29(36(52)42(28)60-41(26)27)45-58-43(23-15-11-21(12-16-23)19-7-3-1-4-8-19)57-44(59-45)24-17-13-22(14-18-24)20-9-5-2-6-10-20/h1-18H,46-56H2. The molecule has 0 unspecified atom stereocenters. The third-order valence-corrected chi connectivity index (χ3v) is 13.6. The van der Waals surface area contributed by atoms with Crippen LogP contribution >= 0.6 is 0 Å². The molecule has 0 bridgehead atoms. The number of aromatic nitrogens is 3. The molecule has 274 valence electrons.